The SMILES string of the molecule is CNC(=O)[C@@H](C)N(Cc1ccc(Cl)cc1Cl)C(=O)CN(c1ccccc1OC)S(=O)(=O)c1ccc(C)cc1. The van der Waals surface area contributed by atoms with Crippen LogP contribution in [0.4, 0.5) is 5.69 Å². The number of anilines is 1. The Kier molecular flexibility index (Phi) is 9.65. The Labute approximate surface area is 233 Å². The van der Waals surface area contributed by atoms with Crippen LogP contribution in [0.25, 0.3) is 0 Å². The van der Waals surface area contributed by atoms with Crippen LogP contribution in [0, 0.1) is 6.92 Å². The van der Waals surface area contributed by atoms with Crippen LogP contribution in [0.3, 0.4) is 0 Å². The highest BCUT2D eigenvalue weighted by atomic mass is 35.5. The molecule has 1 N–H and O–H groups in total. The van der Waals surface area contributed by atoms with Crippen LogP contribution in [0.1, 0.15) is 18.1 Å². The summed E-state index contributed by atoms with van der Waals surface area (Å²) in [6, 6.07) is 16.7. The molecule has 0 aliphatic heterocycles. The summed E-state index contributed by atoms with van der Waals surface area (Å²) in [5.41, 5.74) is 1.61. The third kappa shape index (κ3) is 6.59. The molecule has 38 heavy (non-hydrogen) atoms. The molecule has 3 aromatic carbocycles. The van der Waals surface area contributed by atoms with E-state index in [4.69, 9.17) is 27.9 Å². The Morgan fingerprint density at radius 3 is 2.29 bits per heavy atom. The second kappa shape index (κ2) is 12.5. The molecule has 0 unspecified atom stereocenters. The monoisotopic (exact) mass is 577 g/mol. The van der Waals surface area contributed by atoms with Gasteiger partial charge in [0.1, 0.15) is 18.3 Å². The highest BCUT2D eigenvalue weighted by molar-refractivity contribution is 7.92. The Morgan fingerprint density at radius 1 is 1.03 bits per heavy atom. The molecule has 0 saturated carbocycles. The molecule has 0 bridgehead atoms. The third-order valence-electron chi connectivity index (χ3n) is 6.01. The number of ether oxygens (including phenoxy) is 1. The minimum absolute atomic E-state index is 0.00783. The van der Waals surface area contributed by atoms with Crippen molar-refractivity contribution in [1.29, 1.82) is 0 Å². The number of hydrogen-bond donors (Lipinski definition) is 1. The number of hydrogen-bond acceptors (Lipinski definition) is 5. The van der Waals surface area contributed by atoms with Crippen molar-refractivity contribution in [1.82, 2.24) is 10.2 Å². The molecule has 0 heterocycles. The fourth-order valence-corrected chi connectivity index (χ4v) is 5.70. The summed E-state index contributed by atoms with van der Waals surface area (Å²) >= 11 is 12.4. The van der Waals surface area contributed by atoms with Crippen LogP contribution in [0.5, 0.6) is 5.75 Å². The quantitative estimate of drug-likeness (QED) is 0.378. The maximum atomic E-state index is 13.9. The number of benzene rings is 3. The maximum Gasteiger partial charge on any atom is 0.264 e. The number of aryl methyl sites for hydroxylation is 1. The molecular formula is C27H29Cl2N3O5S. The lowest BCUT2D eigenvalue weighted by Crippen LogP contribution is -2.50. The number of likely N-dealkylation sites (N-methyl/N-ethyl adjacent to an activating group) is 1. The zero-order valence-corrected chi connectivity index (χ0v) is 23.8. The maximum absolute atomic E-state index is 13.9. The van der Waals surface area contributed by atoms with Crippen LogP contribution in [-0.2, 0) is 26.2 Å². The smallest absolute Gasteiger partial charge is 0.264 e. The first kappa shape index (κ1) is 29.3. The summed E-state index contributed by atoms with van der Waals surface area (Å²) in [5, 5.41) is 3.27. The first-order valence-corrected chi connectivity index (χ1v) is 13.9. The summed E-state index contributed by atoms with van der Waals surface area (Å²) in [7, 11) is -1.33. The van der Waals surface area contributed by atoms with Gasteiger partial charge in [-0.25, -0.2) is 8.42 Å². The molecule has 11 heteroatoms. The Morgan fingerprint density at radius 2 is 1.68 bits per heavy atom. The molecule has 1 atom stereocenters. The van der Waals surface area contributed by atoms with Crippen molar-refractivity contribution in [3.05, 3.63) is 87.9 Å². The van der Waals surface area contributed by atoms with E-state index in [0.717, 1.165) is 9.87 Å². The molecule has 8 nitrogen and oxygen atoms in total. The summed E-state index contributed by atoms with van der Waals surface area (Å²) in [6.45, 7) is 2.76. The number of halogens is 2. The standard InChI is InChI=1S/C27H29Cl2N3O5S/c1-18-9-13-22(14-10-18)38(35,36)32(24-7-5-6-8-25(24)37-4)17-26(33)31(19(2)27(34)30-3)16-20-11-12-21(28)15-23(20)29/h5-15,19H,16-17H2,1-4H3,(H,30,34)/t19-/m1/s1. The number of amides is 2. The number of methoxy groups -OCH3 is 1. The number of nitrogens with zero attached hydrogens (tertiary/aromatic N) is 2. The minimum atomic E-state index is -4.21. The first-order valence-electron chi connectivity index (χ1n) is 11.7. The van der Waals surface area contributed by atoms with E-state index in [-0.39, 0.29) is 22.9 Å². The van der Waals surface area contributed by atoms with Crippen molar-refractivity contribution in [2.24, 2.45) is 0 Å². The summed E-state index contributed by atoms with van der Waals surface area (Å²) < 4.78 is 34.1. The van der Waals surface area contributed by atoms with E-state index in [9.17, 15) is 18.0 Å². The van der Waals surface area contributed by atoms with Crippen molar-refractivity contribution in [2.45, 2.75) is 31.3 Å². The van der Waals surface area contributed by atoms with Gasteiger partial charge in [-0.3, -0.25) is 13.9 Å². The number of para-hydroxylation sites is 2. The van der Waals surface area contributed by atoms with Gasteiger partial charge in [-0.1, -0.05) is 59.1 Å². The average Bonchev–Trinajstić information content (AvgIpc) is 2.90. The number of rotatable bonds is 10. The van der Waals surface area contributed by atoms with E-state index >= 15 is 0 Å². The fourth-order valence-electron chi connectivity index (χ4n) is 3.81. The topological polar surface area (TPSA) is 96.0 Å². The van der Waals surface area contributed by atoms with Gasteiger partial charge in [-0.2, -0.15) is 0 Å². The molecule has 0 fully saturated rings. The van der Waals surface area contributed by atoms with Crippen LogP contribution in [0.2, 0.25) is 10.0 Å². The zero-order valence-electron chi connectivity index (χ0n) is 21.4. The van der Waals surface area contributed by atoms with Crippen molar-refractivity contribution in [3.8, 4) is 5.75 Å². The molecule has 0 radical (unpaired) electrons. The lowest BCUT2D eigenvalue weighted by atomic mass is 10.1. The highest BCUT2D eigenvalue weighted by Gasteiger charge is 2.33. The molecule has 2 amide bonds. The second-order valence-corrected chi connectivity index (χ2v) is 11.3. The number of nitrogens with one attached hydrogen (secondary N) is 1. The molecular weight excluding hydrogens is 549 g/mol. The van der Waals surface area contributed by atoms with E-state index in [1.165, 1.54) is 37.3 Å². The number of sulfonamides is 1. The Balaban J connectivity index is 2.09. The molecule has 0 aliphatic carbocycles. The van der Waals surface area contributed by atoms with Crippen LogP contribution < -0.4 is 14.4 Å². The molecule has 3 rings (SSSR count). The van der Waals surface area contributed by atoms with Crippen molar-refractivity contribution < 1.29 is 22.7 Å². The third-order valence-corrected chi connectivity index (χ3v) is 8.37. The summed E-state index contributed by atoms with van der Waals surface area (Å²) in [4.78, 5) is 27.7. The normalized spacial score (nSPS) is 11.9. The predicted octanol–water partition coefficient (Wildman–Crippen LogP) is 4.67. The van der Waals surface area contributed by atoms with Crippen LogP contribution in [-0.4, -0.2) is 51.9 Å². The minimum Gasteiger partial charge on any atom is -0.495 e. The fraction of sp³-hybridized carbons (Fsp3) is 0.259. The molecule has 0 aromatic heterocycles. The summed E-state index contributed by atoms with van der Waals surface area (Å²) in [6.07, 6.45) is 0. The summed E-state index contributed by atoms with van der Waals surface area (Å²) in [5.74, 6) is -0.773. The van der Waals surface area contributed by atoms with Gasteiger partial charge in [0.2, 0.25) is 11.8 Å². The molecule has 3 aromatic rings. The van der Waals surface area contributed by atoms with Crippen LogP contribution >= 0.6 is 23.2 Å². The van der Waals surface area contributed by atoms with E-state index in [2.05, 4.69) is 5.32 Å². The number of carbonyl (C=O) groups is 2. The van der Waals surface area contributed by atoms with Crippen molar-refractivity contribution in [2.75, 3.05) is 25.0 Å². The first-order chi connectivity index (χ1) is 18.0. The van der Waals surface area contributed by atoms with Gasteiger partial charge in [0, 0.05) is 23.6 Å². The highest BCUT2D eigenvalue weighted by Crippen LogP contribution is 2.33. The van der Waals surface area contributed by atoms with E-state index < -0.39 is 34.4 Å². The molecule has 0 spiro atoms. The average molecular weight is 579 g/mol. The van der Waals surface area contributed by atoms with Gasteiger partial charge in [-0.15, -0.1) is 0 Å². The van der Waals surface area contributed by atoms with E-state index in [0.29, 0.717) is 15.6 Å². The molecule has 202 valence electrons. The van der Waals surface area contributed by atoms with Gasteiger partial charge in [0.15, 0.2) is 0 Å². The predicted molar refractivity (Wildman–Crippen MR) is 149 cm³/mol. The van der Waals surface area contributed by atoms with Gasteiger partial charge < -0.3 is 15.0 Å². The second-order valence-electron chi connectivity index (χ2n) is 8.54. The van der Waals surface area contributed by atoms with Gasteiger partial charge in [-0.05, 0) is 55.8 Å². The van der Waals surface area contributed by atoms with Crippen molar-refractivity contribution >= 4 is 50.7 Å². The molecule has 0 aliphatic rings. The van der Waals surface area contributed by atoms with Crippen molar-refractivity contribution in [3.63, 3.8) is 0 Å². The zero-order chi connectivity index (χ0) is 28.0. The van der Waals surface area contributed by atoms with Gasteiger partial charge in [0.25, 0.3) is 10.0 Å². The van der Waals surface area contributed by atoms with Crippen LogP contribution in [0.15, 0.2) is 71.6 Å². The van der Waals surface area contributed by atoms with E-state index in [1.807, 2.05) is 6.92 Å². The van der Waals surface area contributed by atoms with Gasteiger partial charge in [0.05, 0.1) is 17.7 Å². The Bertz CT molecular complexity index is 1410. The lowest BCUT2D eigenvalue weighted by molar-refractivity contribution is -0.139. The number of carbonyl (C=O) groups excluding carboxylic acids is 2. The van der Waals surface area contributed by atoms with Gasteiger partial charge >= 0.3 is 0 Å². The lowest BCUT2D eigenvalue weighted by Gasteiger charge is -2.32. The largest absolute Gasteiger partial charge is 0.495 e. The molecule has 0 saturated heterocycles. The van der Waals surface area contributed by atoms with E-state index in [1.54, 1.807) is 55.5 Å². The Hall–Kier alpha value is -3.27.